The number of aryl methyl sites for hydroxylation is 1. The predicted octanol–water partition coefficient (Wildman–Crippen LogP) is 2.21. The number of benzene rings is 2. The molecule has 2 aromatic carbocycles. The highest BCUT2D eigenvalue weighted by Crippen LogP contribution is 2.30. The molecule has 0 bridgehead atoms. The van der Waals surface area contributed by atoms with Gasteiger partial charge in [-0.25, -0.2) is 4.79 Å². The molecule has 0 aliphatic carbocycles. The molecule has 28 heavy (non-hydrogen) atoms. The summed E-state index contributed by atoms with van der Waals surface area (Å²) in [5.74, 6) is 0.853. The maximum atomic E-state index is 12.9. The molecule has 1 aliphatic rings. The van der Waals surface area contributed by atoms with E-state index in [1.54, 1.807) is 50.4 Å². The lowest BCUT2D eigenvalue weighted by Gasteiger charge is -2.23. The summed E-state index contributed by atoms with van der Waals surface area (Å²) in [5.41, 5.74) is 0.547. The van der Waals surface area contributed by atoms with Crippen LogP contribution in [0.5, 0.6) is 11.5 Å². The molecule has 2 atom stereocenters. The van der Waals surface area contributed by atoms with Crippen LogP contribution in [0.15, 0.2) is 48.5 Å². The second kappa shape index (κ2) is 7.90. The molecule has 0 radical (unpaired) electrons. The lowest BCUT2D eigenvalue weighted by atomic mass is 9.92. The van der Waals surface area contributed by atoms with Crippen molar-refractivity contribution in [1.29, 1.82) is 0 Å². The largest absolute Gasteiger partial charge is 0.497 e. The van der Waals surface area contributed by atoms with Gasteiger partial charge in [-0.2, -0.15) is 0 Å². The molecule has 148 valence electrons. The van der Waals surface area contributed by atoms with Crippen molar-refractivity contribution in [3.63, 3.8) is 0 Å². The molecule has 1 heterocycles. The molecule has 0 aromatic heterocycles. The van der Waals surface area contributed by atoms with Gasteiger partial charge >= 0.3 is 6.03 Å². The Labute approximate surface area is 163 Å². The van der Waals surface area contributed by atoms with Gasteiger partial charge in [0, 0.05) is 0 Å². The molecular formula is C21H24N2O5. The molecule has 2 N–H and O–H groups in total. The Kier molecular flexibility index (Phi) is 5.56. The topological polar surface area (TPSA) is 88.1 Å². The van der Waals surface area contributed by atoms with Gasteiger partial charge in [-0.1, -0.05) is 29.8 Å². The highest BCUT2D eigenvalue weighted by Gasteiger charge is 2.49. The fourth-order valence-corrected chi connectivity index (χ4v) is 3.07. The van der Waals surface area contributed by atoms with Gasteiger partial charge in [0.1, 0.15) is 29.7 Å². The SMILES string of the molecule is COc1ccc([C@@]2(C)NC(=O)N(C[C@@H](O)COc3ccc(C)cc3)C2=O)cc1. The van der Waals surface area contributed by atoms with Crippen LogP contribution in [-0.4, -0.2) is 48.3 Å². The Hall–Kier alpha value is -3.06. The van der Waals surface area contributed by atoms with Crippen molar-refractivity contribution in [1.82, 2.24) is 10.2 Å². The monoisotopic (exact) mass is 384 g/mol. The molecule has 0 saturated carbocycles. The molecule has 1 aliphatic heterocycles. The number of carbonyl (C=O) groups is 2. The normalized spacial score (nSPS) is 20.1. The first-order valence-electron chi connectivity index (χ1n) is 8.99. The van der Waals surface area contributed by atoms with E-state index >= 15 is 0 Å². The van der Waals surface area contributed by atoms with E-state index in [1.807, 2.05) is 19.1 Å². The number of nitrogens with one attached hydrogen (secondary N) is 1. The third-order valence-electron chi connectivity index (χ3n) is 4.80. The average molecular weight is 384 g/mol. The lowest BCUT2D eigenvalue weighted by molar-refractivity contribution is -0.132. The van der Waals surface area contributed by atoms with E-state index in [4.69, 9.17) is 9.47 Å². The maximum absolute atomic E-state index is 12.9. The van der Waals surface area contributed by atoms with Gasteiger partial charge in [-0.05, 0) is 43.7 Å². The molecule has 7 nitrogen and oxygen atoms in total. The summed E-state index contributed by atoms with van der Waals surface area (Å²) >= 11 is 0. The van der Waals surface area contributed by atoms with Crippen LogP contribution < -0.4 is 14.8 Å². The van der Waals surface area contributed by atoms with Crippen molar-refractivity contribution < 1.29 is 24.2 Å². The number of aliphatic hydroxyl groups excluding tert-OH is 1. The summed E-state index contributed by atoms with van der Waals surface area (Å²) in [6.45, 7) is 3.43. The van der Waals surface area contributed by atoms with E-state index < -0.39 is 23.6 Å². The number of nitrogens with zero attached hydrogens (tertiary/aromatic N) is 1. The average Bonchev–Trinajstić information content (AvgIpc) is 2.91. The van der Waals surface area contributed by atoms with Crippen molar-refractivity contribution in [2.45, 2.75) is 25.5 Å². The van der Waals surface area contributed by atoms with E-state index in [9.17, 15) is 14.7 Å². The highest BCUT2D eigenvalue weighted by atomic mass is 16.5. The number of amides is 3. The third kappa shape index (κ3) is 3.94. The number of urea groups is 1. The van der Waals surface area contributed by atoms with Crippen LogP contribution >= 0.6 is 0 Å². The van der Waals surface area contributed by atoms with Gasteiger partial charge in [0.05, 0.1) is 13.7 Å². The Morgan fingerprint density at radius 1 is 1.07 bits per heavy atom. The van der Waals surface area contributed by atoms with Gasteiger partial charge in [0.2, 0.25) is 0 Å². The number of hydrogen-bond acceptors (Lipinski definition) is 5. The molecule has 2 aromatic rings. The quantitative estimate of drug-likeness (QED) is 0.715. The number of rotatable bonds is 7. The van der Waals surface area contributed by atoms with Gasteiger partial charge in [0.25, 0.3) is 5.91 Å². The Balaban J connectivity index is 1.64. The first kappa shape index (κ1) is 19.7. The first-order valence-corrected chi connectivity index (χ1v) is 8.99. The predicted molar refractivity (Wildman–Crippen MR) is 103 cm³/mol. The number of β-amino-alcohol motifs (C(OH)–C–C–N with tert-alkyl or cyclic N) is 1. The molecule has 3 rings (SSSR count). The smallest absolute Gasteiger partial charge is 0.325 e. The molecule has 1 fully saturated rings. The number of imide groups is 1. The van der Waals surface area contributed by atoms with Crippen molar-refractivity contribution in [3.05, 3.63) is 59.7 Å². The second-order valence-corrected chi connectivity index (χ2v) is 6.98. The number of methoxy groups -OCH3 is 1. The Morgan fingerprint density at radius 2 is 1.68 bits per heavy atom. The molecule has 1 saturated heterocycles. The van der Waals surface area contributed by atoms with E-state index in [0.717, 1.165) is 10.5 Å². The van der Waals surface area contributed by atoms with Crippen LogP contribution in [0, 0.1) is 6.92 Å². The van der Waals surface area contributed by atoms with Crippen molar-refractivity contribution in [2.24, 2.45) is 0 Å². The highest BCUT2D eigenvalue weighted by molar-refractivity contribution is 6.07. The van der Waals surface area contributed by atoms with Crippen molar-refractivity contribution in [3.8, 4) is 11.5 Å². The van der Waals surface area contributed by atoms with Gasteiger partial charge in [-0.3, -0.25) is 9.69 Å². The summed E-state index contributed by atoms with van der Waals surface area (Å²) in [4.78, 5) is 26.3. The van der Waals surface area contributed by atoms with Crippen LogP contribution in [0.3, 0.4) is 0 Å². The zero-order valence-electron chi connectivity index (χ0n) is 16.1. The van der Waals surface area contributed by atoms with Gasteiger partial charge in [-0.15, -0.1) is 0 Å². The van der Waals surface area contributed by atoms with E-state index in [1.165, 1.54) is 0 Å². The number of aliphatic hydroxyl groups is 1. The van der Waals surface area contributed by atoms with Crippen molar-refractivity contribution >= 4 is 11.9 Å². The van der Waals surface area contributed by atoms with Crippen LogP contribution in [0.1, 0.15) is 18.1 Å². The minimum atomic E-state index is -1.19. The molecule has 0 spiro atoms. The van der Waals surface area contributed by atoms with Crippen LogP contribution in [0.25, 0.3) is 0 Å². The zero-order chi connectivity index (χ0) is 20.3. The van der Waals surface area contributed by atoms with Gasteiger partial charge in [0.15, 0.2) is 0 Å². The standard InChI is InChI=1S/C21H24N2O5/c1-14-4-8-18(9-5-14)28-13-16(24)12-23-19(25)21(2,22-20(23)26)15-6-10-17(27-3)11-7-15/h4-11,16,24H,12-13H2,1-3H3,(H,22,26)/t16-,21-/m1/s1. The van der Waals surface area contributed by atoms with Gasteiger partial charge < -0.3 is 19.9 Å². The molecular weight excluding hydrogens is 360 g/mol. The molecule has 0 unspecified atom stereocenters. The number of hydrogen-bond donors (Lipinski definition) is 2. The molecule has 7 heteroatoms. The van der Waals surface area contributed by atoms with Crippen molar-refractivity contribution in [2.75, 3.05) is 20.3 Å². The second-order valence-electron chi connectivity index (χ2n) is 6.98. The summed E-state index contributed by atoms with van der Waals surface area (Å²) in [7, 11) is 1.56. The van der Waals surface area contributed by atoms with Crippen LogP contribution in [-0.2, 0) is 10.3 Å². The Morgan fingerprint density at radius 3 is 2.29 bits per heavy atom. The number of ether oxygens (including phenoxy) is 2. The summed E-state index contributed by atoms with van der Waals surface area (Å²) in [5, 5.41) is 13.0. The first-order chi connectivity index (χ1) is 13.3. The molecule has 3 amide bonds. The van der Waals surface area contributed by atoms with E-state index in [-0.39, 0.29) is 13.2 Å². The summed E-state index contributed by atoms with van der Waals surface area (Å²) in [6, 6.07) is 13.8. The fraction of sp³-hybridized carbons (Fsp3) is 0.333. The lowest BCUT2D eigenvalue weighted by Crippen LogP contribution is -2.42. The fourth-order valence-electron chi connectivity index (χ4n) is 3.07. The zero-order valence-corrected chi connectivity index (χ0v) is 16.1. The van der Waals surface area contributed by atoms with Crippen LogP contribution in [0.4, 0.5) is 4.79 Å². The minimum absolute atomic E-state index is 0.0284. The number of carbonyl (C=O) groups excluding carboxylic acids is 2. The maximum Gasteiger partial charge on any atom is 0.325 e. The minimum Gasteiger partial charge on any atom is -0.497 e. The van der Waals surface area contributed by atoms with E-state index in [0.29, 0.717) is 17.1 Å². The van der Waals surface area contributed by atoms with E-state index in [2.05, 4.69) is 5.32 Å². The summed E-state index contributed by atoms with van der Waals surface area (Å²) in [6.07, 6.45) is -1.01. The summed E-state index contributed by atoms with van der Waals surface area (Å²) < 4.78 is 10.7. The van der Waals surface area contributed by atoms with Crippen LogP contribution in [0.2, 0.25) is 0 Å². The Bertz CT molecular complexity index is 850. The third-order valence-corrected chi connectivity index (χ3v) is 4.80.